The van der Waals surface area contributed by atoms with Crippen LogP contribution in [0.25, 0.3) is 10.4 Å². The molecule has 1 heterocycles. The Bertz CT molecular complexity index is 546. The van der Waals surface area contributed by atoms with Gasteiger partial charge < -0.3 is 5.11 Å². The molecule has 0 aliphatic carbocycles. The monoisotopic (exact) mass is 296 g/mol. The minimum absolute atomic E-state index is 0.378. The number of hydrogen-bond acceptors (Lipinski definition) is 2. The standard InChI is InChI=1S/C12H9BrO2S/c1-7-6-10(12(14)15)16-11(7)8-4-2-3-5-9(8)13/h2-6H,1H3,(H,14,15). The Hall–Kier alpha value is -1.13. The van der Waals surface area contributed by atoms with Gasteiger partial charge in [0, 0.05) is 14.9 Å². The Labute approximate surface area is 106 Å². The number of carboxylic acids is 1. The van der Waals surface area contributed by atoms with E-state index >= 15 is 0 Å². The first-order valence-corrected chi connectivity index (χ1v) is 6.29. The zero-order chi connectivity index (χ0) is 11.7. The summed E-state index contributed by atoms with van der Waals surface area (Å²) in [6.07, 6.45) is 0. The second kappa shape index (κ2) is 4.39. The summed E-state index contributed by atoms with van der Waals surface area (Å²) in [6, 6.07) is 9.53. The average molecular weight is 297 g/mol. The molecule has 1 aromatic carbocycles. The Kier molecular flexibility index (Phi) is 3.12. The summed E-state index contributed by atoms with van der Waals surface area (Å²) < 4.78 is 0.983. The van der Waals surface area contributed by atoms with Gasteiger partial charge in [-0.3, -0.25) is 0 Å². The molecule has 0 aliphatic heterocycles. The van der Waals surface area contributed by atoms with Crippen molar-refractivity contribution in [2.24, 2.45) is 0 Å². The van der Waals surface area contributed by atoms with E-state index in [1.54, 1.807) is 6.07 Å². The number of aromatic carboxylic acids is 1. The van der Waals surface area contributed by atoms with Crippen molar-refractivity contribution >= 4 is 33.2 Å². The van der Waals surface area contributed by atoms with Crippen LogP contribution in [0.5, 0.6) is 0 Å². The number of benzene rings is 1. The van der Waals surface area contributed by atoms with Crippen LogP contribution in [0.1, 0.15) is 15.2 Å². The summed E-state index contributed by atoms with van der Waals surface area (Å²) in [5.74, 6) is -0.869. The molecule has 4 heteroatoms. The van der Waals surface area contributed by atoms with E-state index in [-0.39, 0.29) is 0 Å². The molecule has 0 amide bonds. The van der Waals surface area contributed by atoms with E-state index in [0.717, 1.165) is 20.5 Å². The van der Waals surface area contributed by atoms with Crippen LogP contribution in [0, 0.1) is 6.92 Å². The van der Waals surface area contributed by atoms with E-state index in [1.807, 2.05) is 31.2 Å². The molecular weight excluding hydrogens is 288 g/mol. The third kappa shape index (κ3) is 2.03. The minimum Gasteiger partial charge on any atom is -0.477 e. The van der Waals surface area contributed by atoms with Crippen LogP contribution in [0.4, 0.5) is 0 Å². The predicted molar refractivity (Wildman–Crippen MR) is 69.2 cm³/mol. The maximum atomic E-state index is 10.9. The molecule has 82 valence electrons. The predicted octanol–water partition coefficient (Wildman–Crippen LogP) is 4.18. The molecule has 0 aliphatic rings. The van der Waals surface area contributed by atoms with Crippen molar-refractivity contribution in [1.82, 2.24) is 0 Å². The van der Waals surface area contributed by atoms with Gasteiger partial charge in [0.1, 0.15) is 4.88 Å². The second-order valence-corrected chi connectivity index (χ2v) is 5.31. The maximum absolute atomic E-state index is 10.9. The molecule has 0 radical (unpaired) electrons. The summed E-state index contributed by atoms with van der Waals surface area (Å²) in [5, 5.41) is 8.94. The average Bonchev–Trinajstić information content (AvgIpc) is 2.61. The number of carboxylic acid groups (broad SMARTS) is 1. The van der Waals surface area contributed by atoms with Crippen LogP contribution in [-0.2, 0) is 0 Å². The molecule has 1 N–H and O–H groups in total. The highest BCUT2D eigenvalue weighted by Crippen LogP contribution is 2.36. The van der Waals surface area contributed by atoms with E-state index < -0.39 is 5.97 Å². The lowest BCUT2D eigenvalue weighted by molar-refractivity contribution is 0.0702. The molecule has 2 aromatic rings. The molecule has 0 bridgehead atoms. The fourth-order valence-corrected chi connectivity index (χ4v) is 3.17. The van der Waals surface area contributed by atoms with Gasteiger partial charge in [0.15, 0.2) is 0 Å². The Morgan fingerprint density at radius 1 is 1.38 bits per heavy atom. The van der Waals surface area contributed by atoms with Crippen molar-refractivity contribution in [3.8, 4) is 10.4 Å². The van der Waals surface area contributed by atoms with Crippen molar-refractivity contribution < 1.29 is 9.90 Å². The first-order valence-electron chi connectivity index (χ1n) is 4.68. The number of halogens is 1. The van der Waals surface area contributed by atoms with Gasteiger partial charge in [0.25, 0.3) is 0 Å². The quantitative estimate of drug-likeness (QED) is 0.902. The lowest BCUT2D eigenvalue weighted by Gasteiger charge is -2.02. The minimum atomic E-state index is -0.869. The van der Waals surface area contributed by atoms with E-state index in [1.165, 1.54) is 11.3 Å². The van der Waals surface area contributed by atoms with Gasteiger partial charge >= 0.3 is 5.97 Å². The smallest absolute Gasteiger partial charge is 0.345 e. The fourth-order valence-electron chi connectivity index (χ4n) is 1.50. The van der Waals surface area contributed by atoms with Gasteiger partial charge in [0.2, 0.25) is 0 Å². The first kappa shape index (κ1) is 11.4. The topological polar surface area (TPSA) is 37.3 Å². The van der Waals surface area contributed by atoms with Crippen molar-refractivity contribution in [3.63, 3.8) is 0 Å². The summed E-state index contributed by atoms with van der Waals surface area (Å²) in [7, 11) is 0. The molecular formula is C12H9BrO2S. The molecule has 0 atom stereocenters. The summed E-state index contributed by atoms with van der Waals surface area (Å²) in [6.45, 7) is 1.93. The largest absolute Gasteiger partial charge is 0.477 e. The van der Waals surface area contributed by atoms with Crippen LogP contribution < -0.4 is 0 Å². The normalized spacial score (nSPS) is 10.4. The van der Waals surface area contributed by atoms with E-state index in [0.29, 0.717) is 4.88 Å². The highest BCUT2D eigenvalue weighted by atomic mass is 79.9. The Balaban J connectivity index is 2.57. The van der Waals surface area contributed by atoms with Crippen LogP contribution in [0.3, 0.4) is 0 Å². The Morgan fingerprint density at radius 2 is 2.06 bits per heavy atom. The molecule has 0 fully saturated rings. The lowest BCUT2D eigenvalue weighted by Crippen LogP contribution is -1.89. The zero-order valence-electron chi connectivity index (χ0n) is 8.53. The van der Waals surface area contributed by atoms with E-state index in [2.05, 4.69) is 15.9 Å². The van der Waals surface area contributed by atoms with Crippen molar-refractivity contribution in [2.45, 2.75) is 6.92 Å². The van der Waals surface area contributed by atoms with Gasteiger partial charge in [-0.25, -0.2) is 4.79 Å². The molecule has 1 aromatic heterocycles. The summed E-state index contributed by atoms with van der Waals surface area (Å²) in [4.78, 5) is 12.3. The number of rotatable bonds is 2. The Morgan fingerprint density at radius 3 is 2.62 bits per heavy atom. The van der Waals surface area contributed by atoms with Crippen molar-refractivity contribution in [1.29, 1.82) is 0 Å². The van der Waals surface area contributed by atoms with Crippen LogP contribution in [0.2, 0.25) is 0 Å². The van der Waals surface area contributed by atoms with E-state index in [9.17, 15) is 4.79 Å². The number of aryl methyl sites for hydroxylation is 1. The maximum Gasteiger partial charge on any atom is 0.345 e. The number of hydrogen-bond donors (Lipinski definition) is 1. The van der Waals surface area contributed by atoms with Gasteiger partial charge in [-0.1, -0.05) is 34.1 Å². The molecule has 2 nitrogen and oxygen atoms in total. The van der Waals surface area contributed by atoms with Crippen LogP contribution in [-0.4, -0.2) is 11.1 Å². The fraction of sp³-hybridized carbons (Fsp3) is 0.0833. The molecule has 0 saturated carbocycles. The van der Waals surface area contributed by atoms with Crippen molar-refractivity contribution in [2.75, 3.05) is 0 Å². The molecule has 16 heavy (non-hydrogen) atoms. The molecule has 0 spiro atoms. The number of carbonyl (C=O) groups is 1. The zero-order valence-corrected chi connectivity index (χ0v) is 10.9. The van der Waals surface area contributed by atoms with Gasteiger partial charge in [-0.2, -0.15) is 0 Å². The van der Waals surface area contributed by atoms with Crippen LogP contribution >= 0.6 is 27.3 Å². The third-order valence-corrected chi connectivity index (χ3v) is 4.20. The molecule has 0 saturated heterocycles. The highest BCUT2D eigenvalue weighted by molar-refractivity contribution is 9.10. The van der Waals surface area contributed by atoms with Gasteiger partial charge in [-0.15, -0.1) is 11.3 Å². The van der Waals surface area contributed by atoms with Crippen LogP contribution in [0.15, 0.2) is 34.8 Å². The summed E-state index contributed by atoms with van der Waals surface area (Å²) in [5.41, 5.74) is 2.03. The van der Waals surface area contributed by atoms with Gasteiger partial charge in [-0.05, 0) is 24.6 Å². The van der Waals surface area contributed by atoms with Gasteiger partial charge in [0.05, 0.1) is 0 Å². The number of thiophene rings is 1. The third-order valence-electron chi connectivity index (χ3n) is 2.25. The lowest BCUT2D eigenvalue weighted by atomic mass is 10.1. The second-order valence-electron chi connectivity index (χ2n) is 3.41. The van der Waals surface area contributed by atoms with E-state index in [4.69, 9.17) is 5.11 Å². The molecule has 2 rings (SSSR count). The SMILES string of the molecule is Cc1cc(C(=O)O)sc1-c1ccccc1Br. The van der Waals surface area contributed by atoms with Crippen molar-refractivity contribution in [3.05, 3.63) is 45.2 Å². The summed E-state index contributed by atoms with van der Waals surface area (Å²) >= 11 is 4.78. The highest BCUT2D eigenvalue weighted by Gasteiger charge is 2.13. The first-order chi connectivity index (χ1) is 7.59. The molecule has 0 unspecified atom stereocenters.